The van der Waals surface area contributed by atoms with Gasteiger partial charge in [-0.15, -0.1) is 0 Å². The molecule has 0 aliphatic heterocycles. The van der Waals surface area contributed by atoms with Crippen molar-refractivity contribution < 1.29 is 9.47 Å². The molecule has 4 nitrogen and oxygen atoms in total. The van der Waals surface area contributed by atoms with Gasteiger partial charge in [-0.25, -0.2) is 0 Å². The van der Waals surface area contributed by atoms with Crippen LogP contribution >= 0.6 is 0 Å². The number of rotatable bonds is 3. The summed E-state index contributed by atoms with van der Waals surface area (Å²) in [4.78, 5) is 8.63. The number of hydrogen-bond acceptors (Lipinski definition) is 4. The average Bonchev–Trinajstić information content (AvgIpc) is 2.53. The molecule has 0 unspecified atom stereocenters. The Labute approximate surface area is 117 Å². The SMILES string of the molecule is COc1cc(OC)cc(-c2cc3cnccc3cn2)c1. The van der Waals surface area contributed by atoms with E-state index in [0.717, 1.165) is 33.5 Å². The molecule has 20 heavy (non-hydrogen) atoms. The third kappa shape index (κ3) is 2.28. The fourth-order valence-electron chi connectivity index (χ4n) is 2.09. The Morgan fingerprint density at radius 2 is 1.60 bits per heavy atom. The summed E-state index contributed by atoms with van der Waals surface area (Å²) >= 11 is 0. The van der Waals surface area contributed by atoms with Gasteiger partial charge < -0.3 is 9.47 Å². The zero-order valence-electron chi connectivity index (χ0n) is 11.3. The molecule has 1 aromatic carbocycles. The van der Waals surface area contributed by atoms with Gasteiger partial charge >= 0.3 is 0 Å². The summed E-state index contributed by atoms with van der Waals surface area (Å²) in [6.45, 7) is 0. The maximum atomic E-state index is 5.29. The zero-order chi connectivity index (χ0) is 13.9. The molecule has 4 heteroatoms. The molecular weight excluding hydrogens is 252 g/mol. The molecule has 0 amide bonds. The van der Waals surface area contributed by atoms with Crippen LogP contribution in [0.5, 0.6) is 11.5 Å². The molecule has 3 aromatic rings. The van der Waals surface area contributed by atoms with Crippen LogP contribution in [-0.4, -0.2) is 24.2 Å². The van der Waals surface area contributed by atoms with Crippen LogP contribution in [0.15, 0.2) is 48.9 Å². The molecular formula is C16H14N2O2. The van der Waals surface area contributed by atoms with Crippen molar-refractivity contribution in [1.29, 1.82) is 0 Å². The first-order chi connectivity index (χ1) is 9.80. The highest BCUT2D eigenvalue weighted by molar-refractivity contribution is 5.84. The first-order valence-electron chi connectivity index (χ1n) is 6.23. The van der Waals surface area contributed by atoms with Gasteiger partial charge in [0.25, 0.3) is 0 Å². The highest BCUT2D eigenvalue weighted by Gasteiger charge is 2.06. The van der Waals surface area contributed by atoms with Crippen LogP contribution in [0.25, 0.3) is 22.0 Å². The third-order valence-corrected chi connectivity index (χ3v) is 3.17. The van der Waals surface area contributed by atoms with E-state index < -0.39 is 0 Å². The summed E-state index contributed by atoms with van der Waals surface area (Å²) < 4.78 is 10.6. The van der Waals surface area contributed by atoms with E-state index in [-0.39, 0.29) is 0 Å². The Morgan fingerprint density at radius 1 is 0.850 bits per heavy atom. The van der Waals surface area contributed by atoms with Gasteiger partial charge in [-0.2, -0.15) is 0 Å². The fourth-order valence-corrected chi connectivity index (χ4v) is 2.09. The van der Waals surface area contributed by atoms with Crippen molar-refractivity contribution in [3.8, 4) is 22.8 Å². The van der Waals surface area contributed by atoms with Crippen molar-refractivity contribution in [3.05, 3.63) is 48.9 Å². The second-order valence-electron chi connectivity index (χ2n) is 4.39. The summed E-state index contributed by atoms with van der Waals surface area (Å²) in [5.41, 5.74) is 1.81. The van der Waals surface area contributed by atoms with Crippen molar-refractivity contribution in [2.75, 3.05) is 14.2 Å². The lowest BCUT2D eigenvalue weighted by atomic mass is 10.1. The summed E-state index contributed by atoms with van der Waals surface area (Å²) in [6, 6.07) is 9.67. The number of methoxy groups -OCH3 is 2. The van der Waals surface area contributed by atoms with E-state index in [1.165, 1.54) is 0 Å². The Bertz CT molecular complexity index is 734. The molecule has 0 aliphatic rings. The van der Waals surface area contributed by atoms with E-state index in [1.807, 2.05) is 42.7 Å². The summed E-state index contributed by atoms with van der Waals surface area (Å²) in [6.07, 6.45) is 5.44. The third-order valence-electron chi connectivity index (χ3n) is 3.17. The van der Waals surface area contributed by atoms with Gasteiger partial charge in [0, 0.05) is 41.0 Å². The summed E-state index contributed by atoms with van der Waals surface area (Å²) in [7, 11) is 3.27. The van der Waals surface area contributed by atoms with Gasteiger partial charge in [-0.1, -0.05) is 0 Å². The number of nitrogens with zero attached hydrogens (tertiary/aromatic N) is 2. The molecule has 2 heterocycles. The second kappa shape index (κ2) is 5.17. The van der Waals surface area contributed by atoms with Gasteiger partial charge in [-0.3, -0.25) is 9.97 Å². The lowest BCUT2D eigenvalue weighted by Gasteiger charge is -2.08. The molecule has 0 bridgehead atoms. The first kappa shape index (κ1) is 12.4. The largest absolute Gasteiger partial charge is 0.497 e. The quantitative estimate of drug-likeness (QED) is 0.729. The van der Waals surface area contributed by atoms with E-state index >= 15 is 0 Å². The molecule has 100 valence electrons. The molecule has 0 saturated carbocycles. The Hall–Kier alpha value is -2.62. The van der Waals surface area contributed by atoms with E-state index in [0.29, 0.717) is 0 Å². The number of fused-ring (bicyclic) bond motifs is 1. The lowest BCUT2D eigenvalue weighted by molar-refractivity contribution is 0.394. The van der Waals surface area contributed by atoms with Gasteiger partial charge in [0.05, 0.1) is 19.9 Å². The predicted octanol–water partition coefficient (Wildman–Crippen LogP) is 3.31. The topological polar surface area (TPSA) is 44.2 Å². The highest BCUT2D eigenvalue weighted by Crippen LogP contribution is 2.29. The average molecular weight is 266 g/mol. The molecule has 2 aromatic heterocycles. The van der Waals surface area contributed by atoms with E-state index in [4.69, 9.17) is 9.47 Å². The maximum absolute atomic E-state index is 5.29. The van der Waals surface area contributed by atoms with Crippen molar-refractivity contribution >= 4 is 10.8 Å². The molecule has 0 saturated heterocycles. The van der Waals surface area contributed by atoms with E-state index in [9.17, 15) is 0 Å². The normalized spacial score (nSPS) is 10.5. The molecule has 0 radical (unpaired) electrons. The number of aromatic nitrogens is 2. The van der Waals surface area contributed by atoms with Crippen LogP contribution in [0.2, 0.25) is 0 Å². The zero-order valence-corrected chi connectivity index (χ0v) is 11.3. The molecule has 3 rings (SSSR count). The van der Waals surface area contributed by atoms with Crippen LogP contribution in [0.3, 0.4) is 0 Å². The van der Waals surface area contributed by atoms with Crippen molar-refractivity contribution in [2.24, 2.45) is 0 Å². The number of hydrogen-bond donors (Lipinski definition) is 0. The number of ether oxygens (including phenoxy) is 2. The lowest BCUT2D eigenvalue weighted by Crippen LogP contribution is -1.90. The summed E-state index contributed by atoms with van der Waals surface area (Å²) in [5, 5.41) is 2.12. The standard InChI is InChI=1S/C16H14N2O2/c1-19-14-5-12(6-15(8-14)20-2)16-7-13-9-17-4-3-11(13)10-18-16/h3-10H,1-2H3. The molecule has 0 spiro atoms. The monoisotopic (exact) mass is 266 g/mol. The van der Waals surface area contributed by atoms with Crippen LogP contribution in [0.1, 0.15) is 0 Å². The minimum Gasteiger partial charge on any atom is -0.497 e. The minimum atomic E-state index is 0.743. The van der Waals surface area contributed by atoms with Crippen molar-refractivity contribution in [3.63, 3.8) is 0 Å². The fraction of sp³-hybridized carbons (Fsp3) is 0.125. The Kier molecular flexibility index (Phi) is 3.21. The van der Waals surface area contributed by atoms with Crippen LogP contribution in [0.4, 0.5) is 0 Å². The Balaban J connectivity index is 2.14. The predicted molar refractivity (Wildman–Crippen MR) is 78.1 cm³/mol. The second-order valence-corrected chi connectivity index (χ2v) is 4.39. The maximum Gasteiger partial charge on any atom is 0.123 e. The van der Waals surface area contributed by atoms with Crippen LogP contribution in [0, 0.1) is 0 Å². The number of benzene rings is 1. The van der Waals surface area contributed by atoms with Gasteiger partial charge in [0.2, 0.25) is 0 Å². The van der Waals surface area contributed by atoms with Crippen LogP contribution < -0.4 is 9.47 Å². The first-order valence-corrected chi connectivity index (χ1v) is 6.23. The minimum absolute atomic E-state index is 0.743. The highest BCUT2D eigenvalue weighted by atomic mass is 16.5. The summed E-state index contributed by atoms with van der Waals surface area (Å²) in [5.74, 6) is 1.49. The molecule has 0 fully saturated rings. The molecule has 0 atom stereocenters. The molecule has 0 N–H and O–H groups in total. The van der Waals surface area contributed by atoms with E-state index in [1.54, 1.807) is 20.4 Å². The van der Waals surface area contributed by atoms with Gasteiger partial charge in [0.15, 0.2) is 0 Å². The van der Waals surface area contributed by atoms with Crippen LogP contribution in [-0.2, 0) is 0 Å². The van der Waals surface area contributed by atoms with Gasteiger partial charge in [-0.05, 0) is 24.3 Å². The van der Waals surface area contributed by atoms with E-state index in [2.05, 4.69) is 9.97 Å². The van der Waals surface area contributed by atoms with Gasteiger partial charge in [0.1, 0.15) is 11.5 Å². The molecule has 0 aliphatic carbocycles. The number of pyridine rings is 2. The van der Waals surface area contributed by atoms with Crippen molar-refractivity contribution in [2.45, 2.75) is 0 Å². The van der Waals surface area contributed by atoms with Crippen molar-refractivity contribution in [1.82, 2.24) is 9.97 Å². The Morgan fingerprint density at radius 3 is 2.30 bits per heavy atom. The smallest absolute Gasteiger partial charge is 0.123 e.